The number of alkyl carbamates (subject to hydrolysis) is 1. The lowest BCUT2D eigenvalue weighted by atomic mass is 9.95. The summed E-state index contributed by atoms with van der Waals surface area (Å²) in [5.41, 5.74) is -0.562. The minimum absolute atomic E-state index is 0.0524. The smallest absolute Gasteiger partial charge is 0.407 e. The van der Waals surface area contributed by atoms with E-state index in [1.807, 2.05) is 25.1 Å². The quantitative estimate of drug-likeness (QED) is 0.724. The van der Waals surface area contributed by atoms with Gasteiger partial charge in [0, 0.05) is 6.54 Å². The number of carbonyl (C=O) groups excluding carboxylic acids is 2. The molecule has 2 aromatic rings. The highest BCUT2D eigenvalue weighted by Crippen LogP contribution is 2.39. The van der Waals surface area contributed by atoms with Gasteiger partial charge in [-0.25, -0.2) is 14.5 Å². The van der Waals surface area contributed by atoms with Crippen molar-refractivity contribution in [1.29, 1.82) is 0 Å². The van der Waals surface area contributed by atoms with E-state index in [4.69, 9.17) is 16.3 Å². The topological polar surface area (TPSA) is 98.1 Å². The van der Waals surface area contributed by atoms with Crippen LogP contribution in [0.3, 0.4) is 0 Å². The van der Waals surface area contributed by atoms with E-state index >= 15 is 0 Å². The number of nitrogens with one attached hydrogen (secondary N) is 2. The summed E-state index contributed by atoms with van der Waals surface area (Å²) in [6.45, 7) is 9.34. The van der Waals surface area contributed by atoms with E-state index in [1.54, 1.807) is 38.4 Å². The molecule has 30 heavy (non-hydrogen) atoms. The van der Waals surface area contributed by atoms with Gasteiger partial charge < -0.3 is 15.4 Å². The maximum absolute atomic E-state index is 12.9. The van der Waals surface area contributed by atoms with Gasteiger partial charge in [0.05, 0.1) is 16.2 Å². The number of para-hydroxylation sites is 1. The molecule has 0 saturated heterocycles. The molecular formula is C21H28ClN5O3. The van der Waals surface area contributed by atoms with Crippen molar-refractivity contribution in [3.63, 3.8) is 0 Å². The Morgan fingerprint density at radius 1 is 1.23 bits per heavy atom. The molecule has 1 aliphatic carbocycles. The lowest BCUT2D eigenvalue weighted by molar-refractivity contribution is 0.0502. The van der Waals surface area contributed by atoms with E-state index in [0.29, 0.717) is 16.5 Å². The van der Waals surface area contributed by atoms with Gasteiger partial charge in [-0.05, 0) is 65.5 Å². The molecule has 0 spiro atoms. The van der Waals surface area contributed by atoms with E-state index in [9.17, 15) is 9.59 Å². The Labute approximate surface area is 181 Å². The summed E-state index contributed by atoms with van der Waals surface area (Å²) in [5, 5.41) is 10.6. The second-order valence-electron chi connectivity index (χ2n) is 8.85. The van der Waals surface area contributed by atoms with Gasteiger partial charge in [-0.15, -0.1) is 5.10 Å². The van der Waals surface area contributed by atoms with Gasteiger partial charge >= 0.3 is 6.09 Å². The average Bonchev–Trinajstić information content (AvgIpc) is 3.43. The van der Waals surface area contributed by atoms with Crippen molar-refractivity contribution in [2.45, 2.75) is 58.6 Å². The van der Waals surface area contributed by atoms with Gasteiger partial charge in [0.15, 0.2) is 0 Å². The summed E-state index contributed by atoms with van der Waals surface area (Å²) < 4.78 is 6.85. The molecule has 8 nitrogen and oxygen atoms in total. The molecule has 162 valence electrons. The van der Waals surface area contributed by atoms with Gasteiger partial charge in [0.1, 0.15) is 11.4 Å². The predicted octanol–water partition coefficient (Wildman–Crippen LogP) is 3.65. The Morgan fingerprint density at radius 3 is 2.50 bits per heavy atom. The van der Waals surface area contributed by atoms with E-state index in [2.05, 4.69) is 20.7 Å². The molecule has 1 fully saturated rings. The highest BCUT2D eigenvalue weighted by Gasteiger charge is 2.43. The molecular weight excluding hydrogens is 406 g/mol. The third kappa shape index (κ3) is 5.30. The fourth-order valence-corrected chi connectivity index (χ4v) is 3.45. The fourth-order valence-electron chi connectivity index (χ4n) is 3.23. The third-order valence-corrected chi connectivity index (χ3v) is 5.25. The molecule has 2 N–H and O–H groups in total. The van der Waals surface area contributed by atoms with Gasteiger partial charge in [0.2, 0.25) is 5.82 Å². The fraction of sp³-hybridized carbons (Fsp3) is 0.524. The predicted molar refractivity (Wildman–Crippen MR) is 114 cm³/mol. The van der Waals surface area contributed by atoms with Gasteiger partial charge in [-0.3, -0.25) is 4.79 Å². The Hall–Kier alpha value is -2.61. The zero-order valence-electron chi connectivity index (χ0n) is 18.0. The summed E-state index contributed by atoms with van der Waals surface area (Å²) >= 11 is 6.25. The van der Waals surface area contributed by atoms with Gasteiger partial charge in [0.25, 0.3) is 5.91 Å². The number of benzene rings is 1. The molecule has 0 aliphatic heterocycles. The number of ether oxygens (including phenoxy) is 1. The largest absolute Gasteiger partial charge is 0.444 e. The number of aryl methyl sites for hydroxylation is 1. The average molecular weight is 434 g/mol. The summed E-state index contributed by atoms with van der Waals surface area (Å²) in [4.78, 5) is 29.3. The van der Waals surface area contributed by atoms with Crippen LogP contribution in [0.1, 0.15) is 57.0 Å². The van der Waals surface area contributed by atoms with E-state index in [-0.39, 0.29) is 18.3 Å². The molecule has 1 aromatic carbocycles. The summed E-state index contributed by atoms with van der Waals surface area (Å²) in [6, 6.07) is 7.23. The lowest BCUT2D eigenvalue weighted by Crippen LogP contribution is -2.55. The summed E-state index contributed by atoms with van der Waals surface area (Å²) in [7, 11) is 0. The van der Waals surface area contributed by atoms with Crippen LogP contribution in [0, 0.1) is 12.8 Å². The molecule has 0 bridgehead atoms. The maximum atomic E-state index is 12.9. The molecule has 9 heteroatoms. The van der Waals surface area contributed by atoms with Crippen LogP contribution in [0.2, 0.25) is 5.02 Å². The number of nitrogens with zero attached hydrogens (tertiary/aromatic N) is 3. The first-order chi connectivity index (χ1) is 14.0. The standard InChI is InChI=1S/C21H28ClN5O3/c1-13-24-17(26-27(13)16-9-7-6-8-15(16)22)18(28)25-21(5,14-10-11-14)12-23-19(29)30-20(2,3)4/h6-9,14H,10-12H2,1-5H3,(H,23,29)(H,25,28). The lowest BCUT2D eigenvalue weighted by Gasteiger charge is -2.31. The first kappa shape index (κ1) is 22.1. The number of aromatic nitrogens is 3. The molecule has 0 radical (unpaired) electrons. The van der Waals surface area contributed by atoms with Gasteiger partial charge in [-0.2, -0.15) is 0 Å². The van der Waals surface area contributed by atoms with Crippen molar-refractivity contribution in [3.8, 4) is 5.69 Å². The van der Waals surface area contributed by atoms with Crippen molar-refractivity contribution in [3.05, 3.63) is 40.9 Å². The third-order valence-electron chi connectivity index (χ3n) is 4.93. The van der Waals surface area contributed by atoms with Crippen LogP contribution in [0.5, 0.6) is 0 Å². The molecule has 1 heterocycles. The van der Waals surface area contributed by atoms with Crippen LogP contribution < -0.4 is 10.6 Å². The number of rotatable bonds is 6. The van der Waals surface area contributed by atoms with Crippen molar-refractivity contribution in [2.75, 3.05) is 6.54 Å². The highest BCUT2D eigenvalue weighted by molar-refractivity contribution is 6.32. The molecule has 1 unspecified atom stereocenters. The Kier molecular flexibility index (Phi) is 6.08. The number of amides is 2. The molecule has 1 aliphatic rings. The molecule has 1 aromatic heterocycles. The Bertz CT molecular complexity index is 948. The Balaban J connectivity index is 1.72. The van der Waals surface area contributed by atoms with Crippen LogP contribution in [0.25, 0.3) is 5.69 Å². The van der Waals surface area contributed by atoms with Crippen molar-refractivity contribution < 1.29 is 14.3 Å². The SMILES string of the molecule is Cc1nc(C(=O)NC(C)(CNC(=O)OC(C)(C)C)C2CC2)nn1-c1ccccc1Cl. The number of carbonyl (C=O) groups is 2. The minimum Gasteiger partial charge on any atom is -0.444 e. The van der Waals surface area contributed by atoms with Crippen molar-refractivity contribution in [1.82, 2.24) is 25.4 Å². The first-order valence-electron chi connectivity index (χ1n) is 9.96. The van der Waals surface area contributed by atoms with E-state index in [0.717, 1.165) is 12.8 Å². The first-order valence-corrected chi connectivity index (χ1v) is 10.3. The monoisotopic (exact) mass is 433 g/mol. The Morgan fingerprint density at radius 2 is 1.90 bits per heavy atom. The highest BCUT2D eigenvalue weighted by atomic mass is 35.5. The number of hydrogen-bond donors (Lipinski definition) is 2. The number of hydrogen-bond acceptors (Lipinski definition) is 5. The van der Waals surface area contributed by atoms with E-state index in [1.165, 1.54) is 0 Å². The van der Waals surface area contributed by atoms with Crippen LogP contribution in [0.15, 0.2) is 24.3 Å². The van der Waals surface area contributed by atoms with Gasteiger partial charge in [-0.1, -0.05) is 23.7 Å². The van der Waals surface area contributed by atoms with Crippen LogP contribution >= 0.6 is 11.6 Å². The van der Waals surface area contributed by atoms with Crippen LogP contribution in [0.4, 0.5) is 4.79 Å². The zero-order valence-corrected chi connectivity index (χ0v) is 18.7. The molecule has 3 rings (SSSR count). The van der Waals surface area contributed by atoms with E-state index < -0.39 is 23.1 Å². The molecule has 2 amide bonds. The second kappa shape index (κ2) is 8.26. The van der Waals surface area contributed by atoms with Crippen molar-refractivity contribution in [2.24, 2.45) is 5.92 Å². The zero-order chi connectivity index (χ0) is 22.1. The minimum atomic E-state index is -0.627. The van der Waals surface area contributed by atoms with Crippen molar-refractivity contribution >= 4 is 23.6 Å². The molecule has 1 atom stereocenters. The number of halogens is 1. The van der Waals surface area contributed by atoms with Crippen LogP contribution in [-0.4, -0.2) is 44.4 Å². The maximum Gasteiger partial charge on any atom is 0.407 e. The van der Waals surface area contributed by atoms with Crippen LogP contribution in [-0.2, 0) is 4.74 Å². The summed E-state index contributed by atoms with van der Waals surface area (Å²) in [6.07, 6.45) is 1.45. The summed E-state index contributed by atoms with van der Waals surface area (Å²) in [5.74, 6) is 0.470. The normalized spacial score (nSPS) is 15.9. The molecule has 1 saturated carbocycles. The second-order valence-corrected chi connectivity index (χ2v) is 9.25.